The van der Waals surface area contributed by atoms with Gasteiger partial charge in [0.1, 0.15) is 21.8 Å². The first-order valence-corrected chi connectivity index (χ1v) is 8.08. The topological polar surface area (TPSA) is 85.6 Å². The standard InChI is InChI=1S/C17H13NO5S/c1-2-18-15(19)12-8-10-5-6-11(9-13(10)23-16(12)20)22-17(21)14-4-3-7-24-14/h3-9H,2H2,1H3,(H,18,19). The highest BCUT2D eigenvalue weighted by Crippen LogP contribution is 2.22. The summed E-state index contributed by atoms with van der Waals surface area (Å²) in [7, 11) is 0. The predicted octanol–water partition coefficient (Wildman–Crippen LogP) is 2.82. The number of rotatable bonds is 4. The molecule has 24 heavy (non-hydrogen) atoms. The molecular weight excluding hydrogens is 330 g/mol. The van der Waals surface area contributed by atoms with Crippen LogP contribution in [0.1, 0.15) is 27.0 Å². The van der Waals surface area contributed by atoms with Crippen LogP contribution in [0.2, 0.25) is 0 Å². The molecule has 0 aliphatic rings. The number of carbonyl (C=O) groups is 2. The average molecular weight is 343 g/mol. The van der Waals surface area contributed by atoms with Gasteiger partial charge in [0.15, 0.2) is 0 Å². The third-order valence-electron chi connectivity index (χ3n) is 3.22. The molecule has 3 rings (SSSR count). The van der Waals surface area contributed by atoms with Gasteiger partial charge in [0.2, 0.25) is 0 Å². The van der Waals surface area contributed by atoms with Crippen molar-refractivity contribution in [2.24, 2.45) is 0 Å². The Morgan fingerprint density at radius 3 is 2.79 bits per heavy atom. The highest BCUT2D eigenvalue weighted by atomic mass is 32.1. The number of benzene rings is 1. The Balaban J connectivity index is 1.92. The third-order valence-corrected chi connectivity index (χ3v) is 4.07. The van der Waals surface area contributed by atoms with Gasteiger partial charge < -0.3 is 14.5 Å². The molecule has 6 nitrogen and oxygen atoms in total. The van der Waals surface area contributed by atoms with E-state index in [9.17, 15) is 14.4 Å². The molecule has 0 spiro atoms. The van der Waals surface area contributed by atoms with Crippen LogP contribution in [0, 0.1) is 0 Å². The van der Waals surface area contributed by atoms with Gasteiger partial charge in [-0.25, -0.2) is 9.59 Å². The number of nitrogens with one attached hydrogen (secondary N) is 1. The molecule has 2 aromatic heterocycles. The maximum Gasteiger partial charge on any atom is 0.353 e. The van der Waals surface area contributed by atoms with E-state index in [-0.39, 0.29) is 16.9 Å². The van der Waals surface area contributed by atoms with E-state index in [0.29, 0.717) is 16.8 Å². The van der Waals surface area contributed by atoms with Crippen LogP contribution in [0.25, 0.3) is 11.0 Å². The van der Waals surface area contributed by atoms with E-state index in [4.69, 9.17) is 9.15 Å². The minimum Gasteiger partial charge on any atom is -0.422 e. The van der Waals surface area contributed by atoms with Crippen molar-refractivity contribution in [3.05, 3.63) is 62.6 Å². The number of ether oxygens (including phenoxy) is 1. The minimum absolute atomic E-state index is 0.0623. The van der Waals surface area contributed by atoms with Crippen LogP contribution in [0.5, 0.6) is 5.75 Å². The fourth-order valence-corrected chi connectivity index (χ4v) is 2.72. The molecule has 1 aromatic carbocycles. The largest absolute Gasteiger partial charge is 0.422 e. The zero-order chi connectivity index (χ0) is 17.1. The fourth-order valence-electron chi connectivity index (χ4n) is 2.12. The molecule has 7 heteroatoms. The van der Waals surface area contributed by atoms with Crippen molar-refractivity contribution < 1.29 is 18.7 Å². The molecule has 0 radical (unpaired) electrons. The molecule has 0 bridgehead atoms. The molecule has 0 saturated heterocycles. The van der Waals surface area contributed by atoms with E-state index in [2.05, 4.69) is 5.32 Å². The van der Waals surface area contributed by atoms with Crippen molar-refractivity contribution in [2.75, 3.05) is 6.54 Å². The Kier molecular flexibility index (Phi) is 4.43. The third kappa shape index (κ3) is 3.21. The van der Waals surface area contributed by atoms with Gasteiger partial charge in [0.25, 0.3) is 5.91 Å². The zero-order valence-electron chi connectivity index (χ0n) is 12.7. The number of thiophene rings is 1. The Morgan fingerprint density at radius 1 is 1.25 bits per heavy atom. The Labute approximate surface area is 140 Å². The number of hydrogen-bond donors (Lipinski definition) is 1. The molecule has 0 atom stereocenters. The first-order chi connectivity index (χ1) is 11.6. The van der Waals surface area contributed by atoms with Crippen LogP contribution in [0.3, 0.4) is 0 Å². The summed E-state index contributed by atoms with van der Waals surface area (Å²) in [6.07, 6.45) is 0. The highest BCUT2D eigenvalue weighted by Gasteiger charge is 2.14. The van der Waals surface area contributed by atoms with E-state index in [1.54, 1.807) is 36.6 Å². The van der Waals surface area contributed by atoms with E-state index < -0.39 is 17.5 Å². The van der Waals surface area contributed by atoms with Gasteiger partial charge >= 0.3 is 11.6 Å². The fraction of sp³-hybridized carbons (Fsp3) is 0.118. The van der Waals surface area contributed by atoms with Crippen molar-refractivity contribution >= 4 is 34.2 Å². The molecule has 0 aliphatic heterocycles. The van der Waals surface area contributed by atoms with Crippen LogP contribution < -0.4 is 15.7 Å². The molecule has 0 unspecified atom stereocenters. The molecule has 0 fully saturated rings. The monoisotopic (exact) mass is 343 g/mol. The number of carbonyl (C=O) groups excluding carboxylic acids is 2. The van der Waals surface area contributed by atoms with Gasteiger partial charge in [0, 0.05) is 18.0 Å². The lowest BCUT2D eigenvalue weighted by Gasteiger charge is -2.05. The number of amides is 1. The highest BCUT2D eigenvalue weighted by molar-refractivity contribution is 7.12. The summed E-state index contributed by atoms with van der Waals surface area (Å²) in [5, 5.41) is 4.89. The van der Waals surface area contributed by atoms with Crippen LogP contribution >= 0.6 is 11.3 Å². The zero-order valence-corrected chi connectivity index (χ0v) is 13.5. The van der Waals surface area contributed by atoms with Gasteiger partial charge in [-0.2, -0.15) is 0 Å². The summed E-state index contributed by atoms with van der Waals surface area (Å²) in [6, 6.07) is 9.52. The normalized spacial score (nSPS) is 10.5. The second-order valence-electron chi connectivity index (χ2n) is 4.87. The molecule has 1 N–H and O–H groups in total. The molecule has 3 aromatic rings. The van der Waals surface area contributed by atoms with Crippen molar-refractivity contribution in [2.45, 2.75) is 6.92 Å². The summed E-state index contributed by atoms with van der Waals surface area (Å²) in [5.74, 6) is -0.707. The van der Waals surface area contributed by atoms with E-state index >= 15 is 0 Å². The van der Waals surface area contributed by atoms with Crippen LogP contribution in [-0.4, -0.2) is 18.4 Å². The summed E-state index contributed by atoms with van der Waals surface area (Å²) in [4.78, 5) is 36.2. The first-order valence-electron chi connectivity index (χ1n) is 7.20. The lowest BCUT2D eigenvalue weighted by Crippen LogP contribution is -2.27. The van der Waals surface area contributed by atoms with Crippen molar-refractivity contribution in [1.82, 2.24) is 5.32 Å². The lowest BCUT2D eigenvalue weighted by molar-refractivity contribution is 0.0739. The van der Waals surface area contributed by atoms with Crippen molar-refractivity contribution in [3.63, 3.8) is 0 Å². The van der Waals surface area contributed by atoms with E-state index in [1.165, 1.54) is 23.5 Å². The number of fused-ring (bicyclic) bond motifs is 1. The van der Waals surface area contributed by atoms with Gasteiger partial charge in [-0.15, -0.1) is 11.3 Å². The van der Waals surface area contributed by atoms with Gasteiger partial charge in [0.05, 0.1) is 0 Å². The molecule has 2 heterocycles. The van der Waals surface area contributed by atoms with E-state index in [1.807, 2.05) is 0 Å². The second kappa shape index (κ2) is 6.67. The average Bonchev–Trinajstić information content (AvgIpc) is 3.09. The predicted molar refractivity (Wildman–Crippen MR) is 89.8 cm³/mol. The van der Waals surface area contributed by atoms with E-state index in [0.717, 1.165) is 0 Å². The quantitative estimate of drug-likeness (QED) is 0.447. The van der Waals surface area contributed by atoms with Gasteiger partial charge in [-0.05, 0) is 36.6 Å². The van der Waals surface area contributed by atoms with Crippen molar-refractivity contribution in [3.8, 4) is 5.75 Å². The maximum absolute atomic E-state index is 11.9. The first kappa shape index (κ1) is 15.9. The van der Waals surface area contributed by atoms with Crippen LogP contribution in [0.4, 0.5) is 0 Å². The molecule has 0 saturated carbocycles. The summed E-state index contributed by atoms with van der Waals surface area (Å²) in [5.41, 5.74) is -0.563. The summed E-state index contributed by atoms with van der Waals surface area (Å²) < 4.78 is 10.4. The Bertz CT molecular complexity index is 959. The second-order valence-corrected chi connectivity index (χ2v) is 5.82. The van der Waals surface area contributed by atoms with Gasteiger partial charge in [-0.1, -0.05) is 6.07 Å². The molecule has 0 aliphatic carbocycles. The minimum atomic E-state index is -0.741. The molecule has 1 amide bonds. The van der Waals surface area contributed by atoms with Crippen molar-refractivity contribution in [1.29, 1.82) is 0 Å². The number of hydrogen-bond acceptors (Lipinski definition) is 6. The Hall–Kier alpha value is -2.93. The van der Waals surface area contributed by atoms with Crippen LogP contribution in [-0.2, 0) is 0 Å². The summed E-state index contributed by atoms with van der Waals surface area (Å²) in [6.45, 7) is 2.17. The molecular formula is C17H13NO5S. The van der Waals surface area contributed by atoms with Crippen LogP contribution in [0.15, 0.2) is 51.0 Å². The number of esters is 1. The molecule has 122 valence electrons. The SMILES string of the molecule is CCNC(=O)c1cc2ccc(OC(=O)c3cccs3)cc2oc1=O. The Morgan fingerprint density at radius 2 is 2.08 bits per heavy atom. The van der Waals surface area contributed by atoms with Gasteiger partial charge in [-0.3, -0.25) is 4.79 Å². The summed E-state index contributed by atoms with van der Waals surface area (Å²) >= 11 is 1.27. The lowest BCUT2D eigenvalue weighted by atomic mass is 10.1. The maximum atomic E-state index is 11.9. The smallest absolute Gasteiger partial charge is 0.353 e.